The molecule has 0 aliphatic heterocycles. The second kappa shape index (κ2) is 4.99. The van der Waals surface area contributed by atoms with E-state index in [1.807, 2.05) is 50.2 Å². The largest absolute Gasteiger partial charge is 0.469 e. The van der Waals surface area contributed by atoms with E-state index in [0.717, 1.165) is 16.9 Å². The quantitative estimate of drug-likeness (QED) is 0.784. The van der Waals surface area contributed by atoms with Gasteiger partial charge in [-0.3, -0.25) is 4.79 Å². The molecular formula is C15H15ClO2. The van der Waals surface area contributed by atoms with Crippen molar-refractivity contribution in [1.82, 2.24) is 0 Å². The van der Waals surface area contributed by atoms with Gasteiger partial charge in [-0.2, -0.15) is 0 Å². The van der Waals surface area contributed by atoms with E-state index in [4.69, 9.17) is 16.0 Å². The molecule has 0 aliphatic carbocycles. The molecule has 1 heterocycles. The minimum Gasteiger partial charge on any atom is -0.469 e. The first-order valence-electron chi connectivity index (χ1n) is 5.82. The van der Waals surface area contributed by atoms with E-state index in [-0.39, 0.29) is 5.24 Å². The van der Waals surface area contributed by atoms with Crippen molar-refractivity contribution in [2.75, 3.05) is 0 Å². The van der Waals surface area contributed by atoms with Gasteiger partial charge >= 0.3 is 0 Å². The van der Waals surface area contributed by atoms with Crippen LogP contribution in [-0.4, -0.2) is 5.24 Å². The standard InChI is InChI=1S/C15H15ClO2/c1-11-5-3-6-12(9-11)15(2,14(16)17)10-13-7-4-8-18-13/h3-9H,10H2,1-2H3. The van der Waals surface area contributed by atoms with Crippen LogP contribution in [0, 0.1) is 6.92 Å². The van der Waals surface area contributed by atoms with Gasteiger partial charge in [0.2, 0.25) is 5.24 Å². The predicted molar refractivity (Wildman–Crippen MR) is 71.8 cm³/mol. The fourth-order valence-electron chi connectivity index (χ4n) is 2.03. The maximum Gasteiger partial charge on any atom is 0.232 e. The molecular weight excluding hydrogens is 248 g/mol. The van der Waals surface area contributed by atoms with Crippen molar-refractivity contribution >= 4 is 16.8 Å². The molecule has 0 saturated heterocycles. The number of hydrogen-bond donors (Lipinski definition) is 0. The topological polar surface area (TPSA) is 30.2 Å². The summed E-state index contributed by atoms with van der Waals surface area (Å²) >= 11 is 5.81. The summed E-state index contributed by atoms with van der Waals surface area (Å²) in [6.45, 7) is 3.84. The summed E-state index contributed by atoms with van der Waals surface area (Å²) in [5.74, 6) is 0.757. The second-order valence-electron chi connectivity index (χ2n) is 4.73. The van der Waals surface area contributed by atoms with Crippen molar-refractivity contribution in [2.45, 2.75) is 25.7 Å². The lowest BCUT2D eigenvalue weighted by Gasteiger charge is -2.25. The van der Waals surface area contributed by atoms with Gasteiger partial charge in [0.05, 0.1) is 11.7 Å². The van der Waals surface area contributed by atoms with Gasteiger partial charge in [0, 0.05) is 6.42 Å². The fraction of sp³-hybridized carbons (Fsp3) is 0.267. The molecule has 1 aromatic heterocycles. The van der Waals surface area contributed by atoms with E-state index in [0.29, 0.717) is 6.42 Å². The van der Waals surface area contributed by atoms with Crippen LogP contribution in [0.1, 0.15) is 23.8 Å². The molecule has 0 radical (unpaired) electrons. The summed E-state index contributed by atoms with van der Waals surface area (Å²) in [7, 11) is 0. The first kappa shape index (κ1) is 12.9. The molecule has 0 bridgehead atoms. The molecule has 1 aromatic carbocycles. The molecule has 94 valence electrons. The molecule has 2 nitrogen and oxygen atoms in total. The summed E-state index contributed by atoms with van der Waals surface area (Å²) in [6, 6.07) is 11.5. The van der Waals surface area contributed by atoms with Crippen LogP contribution >= 0.6 is 11.6 Å². The molecule has 18 heavy (non-hydrogen) atoms. The Balaban J connectivity index is 2.41. The van der Waals surface area contributed by atoms with E-state index in [2.05, 4.69) is 0 Å². The number of carbonyl (C=O) groups is 1. The van der Waals surface area contributed by atoms with Gasteiger partial charge < -0.3 is 4.42 Å². The highest BCUT2D eigenvalue weighted by molar-refractivity contribution is 6.65. The molecule has 1 unspecified atom stereocenters. The molecule has 2 rings (SSSR count). The minimum atomic E-state index is -0.759. The summed E-state index contributed by atoms with van der Waals surface area (Å²) in [5.41, 5.74) is 1.26. The zero-order valence-electron chi connectivity index (χ0n) is 10.4. The molecule has 0 saturated carbocycles. The van der Waals surface area contributed by atoms with Crippen LogP contribution in [0.2, 0.25) is 0 Å². The Morgan fingerprint density at radius 1 is 1.33 bits per heavy atom. The van der Waals surface area contributed by atoms with Crippen molar-refractivity contribution < 1.29 is 9.21 Å². The van der Waals surface area contributed by atoms with E-state index in [1.54, 1.807) is 6.26 Å². The van der Waals surface area contributed by atoms with Crippen LogP contribution in [-0.2, 0) is 16.6 Å². The van der Waals surface area contributed by atoms with Crippen LogP contribution in [0.3, 0.4) is 0 Å². The molecule has 0 N–H and O–H groups in total. The SMILES string of the molecule is Cc1cccc(C(C)(Cc2ccco2)C(=O)Cl)c1. The van der Waals surface area contributed by atoms with E-state index >= 15 is 0 Å². The average molecular weight is 263 g/mol. The van der Waals surface area contributed by atoms with Gasteiger partial charge in [0.25, 0.3) is 0 Å². The zero-order chi connectivity index (χ0) is 13.2. The lowest BCUT2D eigenvalue weighted by molar-refractivity contribution is -0.116. The van der Waals surface area contributed by atoms with Crippen LogP contribution in [0.5, 0.6) is 0 Å². The highest BCUT2D eigenvalue weighted by Gasteiger charge is 2.35. The molecule has 2 aromatic rings. The first-order valence-corrected chi connectivity index (χ1v) is 6.19. The maximum absolute atomic E-state index is 11.8. The van der Waals surface area contributed by atoms with Crippen LogP contribution in [0.4, 0.5) is 0 Å². The van der Waals surface area contributed by atoms with Crippen molar-refractivity contribution in [3.8, 4) is 0 Å². The van der Waals surface area contributed by atoms with E-state index < -0.39 is 5.41 Å². The smallest absolute Gasteiger partial charge is 0.232 e. The third-order valence-electron chi connectivity index (χ3n) is 3.20. The van der Waals surface area contributed by atoms with Crippen molar-refractivity contribution in [3.63, 3.8) is 0 Å². The third kappa shape index (κ3) is 2.49. The highest BCUT2D eigenvalue weighted by Crippen LogP contribution is 2.31. The van der Waals surface area contributed by atoms with Crippen LogP contribution in [0.15, 0.2) is 47.1 Å². The van der Waals surface area contributed by atoms with Gasteiger partial charge in [0.15, 0.2) is 0 Å². The number of carbonyl (C=O) groups excluding carboxylic acids is 1. The number of halogens is 1. The summed E-state index contributed by atoms with van der Waals surface area (Å²) < 4.78 is 5.32. The number of aryl methyl sites for hydroxylation is 1. The minimum absolute atomic E-state index is 0.371. The first-order chi connectivity index (χ1) is 8.52. The predicted octanol–water partition coefficient (Wildman–Crippen LogP) is 3.85. The van der Waals surface area contributed by atoms with Gasteiger partial charge in [-0.15, -0.1) is 0 Å². The van der Waals surface area contributed by atoms with Crippen LogP contribution < -0.4 is 0 Å². The Morgan fingerprint density at radius 3 is 2.67 bits per heavy atom. The summed E-state index contributed by atoms with van der Waals surface area (Å²) in [5, 5.41) is -0.371. The van der Waals surface area contributed by atoms with Crippen molar-refractivity contribution in [1.29, 1.82) is 0 Å². The van der Waals surface area contributed by atoms with Gasteiger partial charge in [-0.05, 0) is 43.1 Å². The Labute approximate surface area is 112 Å². The second-order valence-corrected chi connectivity index (χ2v) is 5.07. The zero-order valence-corrected chi connectivity index (χ0v) is 11.2. The molecule has 0 aliphatic rings. The highest BCUT2D eigenvalue weighted by atomic mass is 35.5. The van der Waals surface area contributed by atoms with Gasteiger partial charge in [-0.1, -0.05) is 29.8 Å². The molecule has 0 fully saturated rings. The fourth-order valence-corrected chi connectivity index (χ4v) is 2.21. The molecule has 1 atom stereocenters. The average Bonchev–Trinajstić information content (AvgIpc) is 2.81. The normalized spacial score (nSPS) is 14.2. The van der Waals surface area contributed by atoms with Crippen molar-refractivity contribution in [2.24, 2.45) is 0 Å². The Morgan fingerprint density at radius 2 is 2.11 bits per heavy atom. The Kier molecular flexibility index (Phi) is 3.58. The monoisotopic (exact) mass is 262 g/mol. The number of benzene rings is 1. The Hall–Kier alpha value is -1.54. The lowest BCUT2D eigenvalue weighted by atomic mass is 9.79. The van der Waals surface area contributed by atoms with Gasteiger partial charge in [0.1, 0.15) is 5.76 Å². The lowest BCUT2D eigenvalue weighted by Crippen LogP contribution is -2.31. The maximum atomic E-state index is 11.8. The molecule has 3 heteroatoms. The Bertz CT molecular complexity index is 545. The number of rotatable bonds is 4. The van der Waals surface area contributed by atoms with E-state index in [1.165, 1.54) is 0 Å². The van der Waals surface area contributed by atoms with Gasteiger partial charge in [-0.25, -0.2) is 0 Å². The molecule has 0 spiro atoms. The van der Waals surface area contributed by atoms with Crippen molar-refractivity contribution in [3.05, 3.63) is 59.5 Å². The third-order valence-corrected chi connectivity index (χ3v) is 3.61. The summed E-state index contributed by atoms with van der Waals surface area (Å²) in [4.78, 5) is 11.8. The molecule has 0 amide bonds. The number of hydrogen-bond acceptors (Lipinski definition) is 2. The van der Waals surface area contributed by atoms with E-state index in [9.17, 15) is 4.79 Å². The number of furan rings is 1. The van der Waals surface area contributed by atoms with Crippen LogP contribution in [0.25, 0.3) is 0 Å². The summed E-state index contributed by atoms with van der Waals surface area (Å²) in [6.07, 6.45) is 2.07.